The molecule has 0 atom stereocenters. The molecule has 0 fully saturated rings. The number of aliphatic carboxylic acids is 1. The zero-order valence-electron chi connectivity index (χ0n) is 9.47. The number of carboxylic acids is 1. The molecule has 92 valence electrons. The molecule has 1 aromatic heterocycles. The largest absolute Gasteiger partial charge is 0.480 e. The van der Waals surface area contributed by atoms with E-state index in [0.29, 0.717) is 5.69 Å². The lowest BCUT2D eigenvalue weighted by Crippen LogP contribution is -2.28. The highest BCUT2D eigenvalue weighted by Gasteiger charge is 2.06. The van der Waals surface area contributed by atoms with E-state index in [2.05, 4.69) is 10.3 Å². The number of nitrogens with one attached hydrogen (secondary N) is 1. The van der Waals surface area contributed by atoms with Gasteiger partial charge >= 0.3 is 5.97 Å². The van der Waals surface area contributed by atoms with Gasteiger partial charge in [-0.1, -0.05) is 6.07 Å². The molecule has 1 amide bonds. The van der Waals surface area contributed by atoms with Crippen LogP contribution in [0.3, 0.4) is 0 Å². The maximum Gasteiger partial charge on any atom is 0.329 e. The average Bonchev–Trinajstić information content (AvgIpc) is 2.28. The van der Waals surface area contributed by atoms with Gasteiger partial charge in [-0.3, -0.25) is 4.79 Å². The SMILES string of the molecule is Cc1cccc(C(=O)NCCOCC(=O)O)n1. The van der Waals surface area contributed by atoms with E-state index in [0.717, 1.165) is 5.69 Å². The highest BCUT2D eigenvalue weighted by atomic mass is 16.5. The molecule has 2 N–H and O–H groups in total. The lowest BCUT2D eigenvalue weighted by molar-refractivity contribution is -0.142. The molecule has 0 aliphatic carbocycles. The number of rotatable bonds is 6. The Kier molecular flexibility index (Phi) is 5.09. The molecular formula is C11H14N2O4. The average molecular weight is 238 g/mol. The van der Waals surface area contributed by atoms with Crippen molar-refractivity contribution in [1.82, 2.24) is 10.3 Å². The highest BCUT2D eigenvalue weighted by molar-refractivity contribution is 5.92. The van der Waals surface area contributed by atoms with Crippen molar-refractivity contribution in [2.75, 3.05) is 19.8 Å². The van der Waals surface area contributed by atoms with Crippen molar-refractivity contribution in [3.8, 4) is 0 Å². The lowest BCUT2D eigenvalue weighted by atomic mass is 10.3. The van der Waals surface area contributed by atoms with Crippen LogP contribution >= 0.6 is 0 Å². The Bertz CT molecular complexity index is 406. The van der Waals surface area contributed by atoms with E-state index >= 15 is 0 Å². The van der Waals surface area contributed by atoms with E-state index < -0.39 is 5.97 Å². The summed E-state index contributed by atoms with van der Waals surface area (Å²) in [5, 5.41) is 10.9. The number of ether oxygens (including phenoxy) is 1. The number of aromatic nitrogens is 1. The quantitative estimate of drug-likeness (QED) is 0.692. The van der Waals surface area contributed by atoms with E-state index in [1.54, 1.807) is 25.1 Å². The molecule has 1 rings (SSSR count). The molecule has 0 spiro atoms. The van der Waals surface area contributed by atoms with Gasteiger partial charge in [0.15, 0.2) is 0 Å². The van der Waals surface area contributed by atoms with Gasteiger partial charge in [0.1, 0.15) is 12.3 Å². The van der Waals surface area contributed by atoms with Crippen molar-refractivity contribution in [1.29, 1.82) is 0 Å². The summed E-state index contributed by atoms with van der Waals surface area (Å²) >= 11 is 0. The fourth-order valence-electron chi connectivity index (χ4n) is 1.16. The molecule has 0 radical (unpaired) electrons. The Balaban J connectivity index is 2.28. The van der Waals surface area contributed by atoms with Crippen molar-refractivity contribution in [3.63, 3.8) is 0 Å². The number of aryl methyl sites for hydroxylation is 1. The molecule has 6 nitrogen and oxygen atoms in total. The van der Waals surface area contributed by atoms with Crippen LogP contribution in [0.2, 0.25) is 0 Å². The Morgan fingerprint density at radius 1 is 1.47 bits per heavy atom. The van der Waals surface area contributed by atoms with Crippen LogP contribution < -0.4 is 5.32 Å². The molecule has 0 saturated carbocycles. The molecule has 1 heterocycles. The van der Waals surface area contributed by atoms with Crippen LogP contribution in [0.1, 0.15) is 16.2 Å². The molecule has 0 unspecified atom stereocenters. The zero-order valence-corrected chi connectivity index (χ0v) is 9.47. The van der Waals surface area contributed by atoms with E-state index in [9.17, 15) is 9.59 Å². The summed E-state index contributed by atoms with van der Waals surface area (Å²) in [7, 11) is 0. The van der Waals surface area contributed by atoms with Crippen LogP contribution in [0, 0.1) is 6.92 Å². The van der Waals surface area contributed by atoms with E-state index in [-0.39, 0.29) is 25.7 Å². The van der Waals surface area contributed by atoms with Gasteiger partial charge in [0, 0.05) is 12.2 Å². The first kappa shape index (κ1) is 13.1. The van der Waals surface area contributed by atoms with Crippen LogP contribution in [0.4, 0.5) is 0 Å². The Labute approximate surface area is 98.6 Å². The summed E-state index contributed by atoms with van der Waals surface area (Å²) in [6.07, 6.45) is 0. The standard InChI is InChI=1S/C11H14N2O4/c1-8-3-2-4-9(13-8)11(16)12-5-6-17-7-10(14)15/h2-4H,5-7H2,1H3,(H,12,16)(H,14,15). The number of hydrogen-bond acceptors (Lipinski definition) is 4. The number of amides is 1. The van der Waals surface area contributed by atoms with Crippen molar-refractivity contribution in [2.45, 2.75) is 6.92 Å². The summed E-state index contributed by atoms with van der Waals surface area (Å²) in [6.45, 7) is 1.84. The minimum absolute atomic E-state index is 0.157. The van der Waals surface area contributed by atoms with Gasteiger partial charge in [-0.25, -0.2) is 9.78 Å². The van der Waals surface area contributed by atoms with Crippen LogP contribution in [0.15, 0.2) is 18.2 Å². The van der Waals surface area contributed by atoms with Gasteiger partial charge in [0.05, 0.1) is 6.61 Å². The fourth-order valence-corrected chi connectivity index (χ4v) is 1.16. The van der Waals surface area contributed by atoms with Crippen LogP contribution in [0.5, 0.6) is 0 Å². The molecule has 0 aromatic carbocycles. The Hall–Kier alpha value is -1.95. The summed E-state index contributed by atoms with van der Waals surface area (Å²) in [5.41, 5.74) is 1.10. The monoisotopic (exact) mass is 238 g/mol. The van der Waals surface area contributed by atoms with E-state index in [4.69, 9.17) is 9.84 Å². The van der Waals surface area contributed by atoms with Crippen LogP contribution in [0.25, 0.3) is 0 Å². The molecular weight excluding hydrogens is 224 g/mol. The second-order valence-electron chi connectivity index (χ2n) is 3.37. The second-order valence-corrected chi connectivity index (χ2v) is 3.37. The van der Waals surface area contributed by atoms with Crippen LogP contribution in [-0.2, 0) is 9.53 Å². The van der Waals surface area contributed by atoms with E-state index in [1.165, 1.54) is 0 Å². The number of carbonyl (C=O) groups excluding carboxylic acids is 1. The smallest absolute Gasteiger partial charge is 0.329 e. The second kappa shape index (κ2) is 6.59. The summed E-state index contributed by atoms with van der Waals surface area (Å²) in [5.74, 6) is -1.33. The van der Waals surface area contributed by atoms with Crippen molar-refractivity contribution < 1.29 is 19.4 Å². The van der Waals surface area contributed by atoms with Gasteiger partial charge < -0.3 is 15.2 Å². The first-order chi connectivity index (χ1) is 8.09. The maximum atomic E-state index is 11.5. The van der Waals surface area contributed by atoms with Crippen molar-refractivity contribution in [3.05, 3.63) is 29.6 Å². The third kappa shape index (κ3) is 5.07. The maximum absolute atomic E-state index is 11.5. The van der Waals surface area contributed by atoms with Crippen LogP contribution in [-0.4, -0.2) is 41.7 Å². The summed E-state index contributed by atoms with van der Waals surface area (Å²) in [4.78, 5) is 25.7. The predicted molar refractivity (Wildman–Crippen MR) is 59.8 cm³/mol. The molecule has 17 heavy (non-hydrogen) atoms. The topological polar surface area (TPSA) is 88.5 Å². The Morgan fingerprint density at radius 2 is 2.24 bits per heavy atom. The lowest BCUT2D eigenvalue weighted by Gasteiger charge is -2.05. The molecule has 0 aliphatic heterocycles. The molecule has 6 heteroatoms. The number of carboxylic acid groups (broad SMARTS) is 1. The molecule has 0 saturated heterocycles. The molecule has 0 aliphatic rings. The molecule has 0 bridgehead atoms. The minimum Gasteiger partial charge on any atom is -0.480 e. The first-order valence-electron chi connectivity index (χ1n) is 5.11. The third-order valence-electron chi connectivity index (χ3n) is 1.88. The van der Waals surface area contributed by atoms with Gasteiger partial charge in [0.2, 0.25) is 0 Å². The number of carbonyl (C=O) groups is 2. The van der Waals surface area contributed by atoms with Crippen molar-refractivity contribution >= 4 is 11.9 Å². The third-order valence-corrected chi connectivity index (χ3v) is 1.88. The predicted octanol–water partition coefficient (Wildman–Crippen LogP) is 0.221. The molecule has 1 aromatic rings. The number of nitrogens with zero attached hydrogens (tertiary/aromatic N) is 1. The van der Waals surface area contributed by atoms with Gasteiger partial charge in [0.25, 0.3) is 5.91 Å². The summed E-state index contributed by atoms with van der Waals surface area (Å²) in [6, 6.07) is 5.16. The van der Waals surface area contributed by atoms with Gasteiger partial charge in [-0.05, 0) is 19.1 Å². The number of hydrogen-bond donors (Lipinski definition) is 2. The first-order valence-corrected chi connectivity index (χ1v) is 5.11. The van der Waals surface area contributed by atoms with Gasteiger partial charge in [-0.15, -0.1) is 0 Å². The van der Waals surface area contributed by atoms with Gasteiger partial charge in [-0.2, -0.15) is 0 Å². The minimum atomic E-state index is -1.03. The fraction of sp³-hybridized carbons (Fsp3) is 0.364. The zero-order chi connectivity index (χ0) is 12.7. The van der Waals surface area contributed by atoms with Crippen molar-refractivity contribution in [2.24, 2.45) is 0 Å². The Morgan fingerprint density at radius 3 is 2.88 bits per heavy atom. The summed E-state index contributed by atoms with van der Waals surface area (Å²) < 4.78 is 4.77. The highest BCUT2D eigenvalue weighted by Crippen LogP contribution is 1.97. The normalized spacial score (nSPS) is 9.94. The number of pyridine rings is 1. The van der Waals surface area contributed by atoms with E-state index in [1.807, 2.05) is 0 Å².